The summed E-state index contributed by atoms with van der Waals surface area (Å²) in [5.41, 5.74) is 10.5. The van der Waals surface area contributed by atoms with Crippen LogP contribution in [0.25, 0.3) is 0 Å². The molecule has 3 N–H and O–H groups in total. The Kier molecular flexibility index (Phi) is 10.0. The summed E-state index contributed by atoms with van der Waals surface area (Å²) >= 11 is 0. The van der Waals surface area contributed by atoms with Crippen LogP contribution in [-0.2, 0) is 11.3 Å². The molecule has 2 rings (SSSR count). The highest BCUT2D eigenvalue weighted by atomic mass is 127. The van der Waals surface area contributed by atoms with Gasteiger partial charge in [-0.25, -0.2) is 0 Å². The maximum Gasteiger partial charge on any atom is 0.193 e. The standard InChI is InChI=1S/C20H28N4O.HI/c1-4-24(19-12-8-5-9-16(19)2)14-13-22-20(21)23-18-11-7-6-10-17(18)15-25-3;/h5-12H,4,13-15H2,1-3H3,(H3,21,22,23);1H. The number of guanidine groups is 1. The zero-order valence-electron chi connectivity index (χ0n) is 15.7. The molecule has 0 heterocycles. The number of likely N-dealkylation sites (N-methyl/N-ethyl adjacent to an activating group) is 1. The summed E-state index contributed by atoms with van der Waals surface area (Å²) in [6.07, 6.45) is 0. The number of para-hydroxylation sites is 2. The van der Waals surface area contributed by atoms with Crippen LogP contribution in [0.4, 0.5) is 11.4 Å². The van der Waals surface area contributed by atoms with Gasteiger partial charge in [0.2, 0.25) is 0 Å². The van der Waals surface area contributed by atoms with E-state index in [1.807, 2.05) is 24.3 Å². The van der Waals surface area contributed by atoms with E-state index in [0.29, 0.717) is 19.1 Å². The normalized spacial score (nSPS) is 11.0. The SMILES string of the molecule is CCN(CCN=C(N)Nc1ccccc1COC)c1ccccc1C.I. The Hall–Kier alpha value is -1.80. The zero-order valence-corrected chi connectivity index (χ0v) is 18.1. The maximum absolute atomic E-state index is 6.05. The Morgan fingerprint density at radius 3 is 2.54 bits per heavy atom. The van der Waals surface area contributed by atoms with Crippen LogP contribution in [-0.4, -0.2) is 32.7 Å². The van der Waals surface area contributed by atoms with E-state index < -0.39 is 0 Å². The van der Waals surface area contributed by atoms with Crippen LogP contribution in [0.3, 0.4) is 0 Å². The van der Waals surface area contributed by atoms with E-state index in [-0.39, 0.29) is 24.0 Å². The third-order valence-corrected chi connectivity index (χ3v) is 4.07. The molecule has 26 heavy (non-hydrogen) atoms. The maximum atomic E-state index is 6.05. The zero-order chi connectivity index (χ0) is 18.1. The molecule has 0 saturated carbocycles. The Balaban J connectivity index is 0.00000338. The van der Waals surface area contributed by atoms with Crippen molar-refractivity contribution in [2.45, 2.75) is 20.5 Å². The predicted octanol–water partition coefficient (Wildman–Crippen LogP) is 4.01. The van der Waals surface area contributed by atoms with E-state index in [1.54, 1.807) is 7.11 Å². The topological polar surface area (TPSA) is 62.9 Å². The van der Waals surface area contributed by atoms with E-state index in [2.05, 4.69) is 53.3 Å². The number of rotatable bonds is 8. The molecule has 0 unspecified atom stereocenters. The summed E-state index contributed by atoms with van der Waals surface area (Å²) in [6, 6.07) is 16.3. The quantitative estimate of drug-likeness (QED) is 0.349. The van der Waals surface area contributed by atoms with E-state index in [1.165, 1.54) is 11.3 Å². The van der Waals surface area contributed by atoms with Crippen LogP contribution in [0.1, 0.15) is 18.1 Å². The van der Waals surface area contributed by atoms with Crippen molar-refractivity contribution in [3.05, 3.63) is 59.7 Å². The highest BCUT2D eigenvalue weighted by Crippen LogP contribution is 2.19. The smallest absolute Gasteiger partial charge is 0.193 e. The molecular weight excluding hydrogens is 439 g/mol. The molecule has 6 heteroatoms. The molecule has 0 fully saturated rings. The van der Waals surface area contributed by atoms with Crippen molar-refractivity contribution in [2.75, 3.05) is 37.0 Å². The number of methoxy groups -OCH3 is 1. The van der Waals surface area contributed by atoms with Crippen molar-refractivity contribution >= 4 is 41.3 Å². The summed E-state index contributed by atoms with van der Waals surface area (Å²) < 4.78 is 5.21. The Labute approximate surface area is 173 Å². The monoisotopic (exact) mass is 468 g/mol. The third-order valence-electron chi connectivity index (χ3n) is 4.07. The lowest BCUT2D eigenvalue weighted by atomic mass is 10.2. The first-order chi connectivity index (χ1) is 12.2. The Morgan fingerprint density at radius 2 is 1.85 bits per heavy atom. The molecule has 0 radical (unpaired) electrons. The minimum atomic E-state index is 0. The van der Waals surface area contributed by atoms with Gasteiger partial charge >= 0.3 is 0 Å². The fourth-order valence-corrected chi connectivity index (χ4v) is 2.76. The average molecular weight is 468 g/mol. The van der Waals surface area contributed by atoms with Gasteiger partial charge < -0.3 is 20.7 Å². The van der Waals surface area contributed by atoms with Crippen molar-refractivity contribution in [3.8, 4) is 0 Å². The highest BCUT2D eigenvalue weighted by molar-refractivity contribution is 14.0. The minimum absolute atomic E-state index is 0. The molecule has 0 saturated heterocycles. The summed E-state index contributed by atoms with van der Waals surface area (Å²) in [7, 11) is 1.68. The molecule has 0 atom stereocenters. The molecule has 142 valence electrons. The lowest BCUT2D eigenvalue weighted by Crippen LogP contribution is -2.29. The first-order valence-electron chi connectivity index (χ1n) is 8.60. The van der Waals surface area contributed by atoms with Gasteiger partial charge in [-0.15, -0.1) is 24.0 Å². The Morgan fingerprint density at radius 1 is 1.15 bits per heavy atom. The number of ether oxygens (including phenoxy) is 1. The minimum Gasteiger partial charge on any atom is -0.380 e. The van der Waals surface area contributed by atoms with Crippen LogP contribution in [0, 0.1) is 6.92 Å². The van der Waals surface area contributed by atoms with Gasteiger partial charge in [-0.05, 0) is 31.5 Å². The third kappa shape index (κ3) is 6.49. The number of benzene rings is 2. The van der Waals surface area contributed by atoms with Crippen molar-refractivity contribution in [3.63, 3.8) is 0 Å². The van der Waals surface area contributed by atoms with Gasteiger partial charge in [0, 0.05) is 37.1 Å². The number of hydrogen-bond acceptors (Lipinski definition) is 3. The Bertz CT molecular complexity index is 706. The number of hydrogen-bond donors (Lipinski definition) is 2. The van der Waals surface area contributed by atoms with Crippen molar-refractivity contribution in [1.82, 2.24) is 0 Å². The molecule has 5 nitrogen and oxygen atoms in total. The fourth-order valence-electron chi connectivity index (χ4n) is 2.76. The molecule has 0 spiro atoms. The van der Waals surface area contributed by atoms with E-state index in [9.17, 15) is 0 Å². The summed E-state index contributed by atoms with van der Waals surface area (Å²) in [6.45, 7) is 7.21. The van der Waals surface area contributed by atoms with Crippen LogP contribution in [0.5, 0.6) is 0 Å². The van der Waals surface area contributed by atoms with Crippen molar-refractivity contribution in [1.29, 1.82) is 0 Å². The van der Waals surface area contributed by atoms with Gasteiger partial charge in [-0.1, -0.05) is 36.4 Å². The first kappa shape index (κ1) is 22.2. The van der Waals surface area contributed by atoms with Crippen LogP contribution >= 0.6 is 24.0 Å². The lowest BCUT2D eigenvalue weighted by Gasteiger charge is -2.24. The molecule has 0 aliphatic rings. The number of nitrogens with one attached hydrogen (secondary N) is 1. The van der Waals surface area contributed by atoms with E-state index in [4.69, 9.17) is 10.5 Å². The summed E-state index contributed by atoms with van der Waals surface area (Å²) in [5, 5.41) is 3.17. The summed E-state index contributed by atoms with van der Waals surface area (Å²) in [5.74, 6) is 0.421. The van der Waals surface area contributed by atoms with Gasteiger partial charge in [-0.3, -0.25) is 4.99 Å². The molecule has 2 aromatic carbocycles. The van der Waals surface area contributed by atoms with Gasteiger partial charge in [0.15, 0.2) is 5.96 Å². The van der Waals surface area contributed by atoms with Crippen LogP contribution in [0.2, 0.25) is 0 Å². The summed E-state index contributed by atoms with van der Waals surface area (Å²) in [4.78, 5) is 6.77. The molecular formula is C20H29IN4O. The number of anilines is 2. The highest BCUT2D eigenvalue weighted by Gasteiger charge is 2.06. The average Bonchev–Trinajstić information content (AvgIpc) is 2.61. The molecule has 0 aliphatic carbocycles. The van der Waals surface area contributed by atoms with Gasteiger partial charge in [0.05, 0.1) is 13.2 Å². The largest absolute Gasteiger partial charge is 0.380 e. The molecule has 0 aliphatic heterocycles. The predicted molar refractivity (Wildman–Crippen MR) is 122 cm³/mol. The van der Waals surface area contributed by atoms with E-state index in [0.717, 1.165) is 24.3 Å². The number of nitrogens with two attached hydrogens (primary N) is 1. The second kappa shape index (κ2) is 11.7. The van der Waals surface area contributed by atoms with Gasteiger partial charge in [0.1, 0.15) is 0 Å². The van der Waals surface area contributed by atoms with Crippen molar-refractivity contribution in [2.24, 2.45) is 10.7 Å². The first-order valence-corrected chi connectivity index (χ1v) is 8.60. The molecule has 0 amide bonds. The molecule has 0 aromatic heterocycles. The van der Waals surface area contributed by atoms with Crippen LogP contribution < -0.4 is 16.0 Å². The number of halogens is 1. The van der Waals surface area contributed by atoms with Gasteiger partial charge in [0.25, 0.3) is 0 Å². The van der Waals surface area contributed by atoms with Crippen molar-refractivity contribution < 1.29 is 4.74 Å². The number of nitrogens with zero attached hydrogens (tertiary/aromatic N) is 2. The van der Waals surface area contributed by atoms with Gasteiger partial charge in [-0.2, -0.15) is 0 Å². The number of aliphatic imine (C=N–C) groups is 1. The number of aryl methyl sites for hydroxylation is 1. The van der Waals surface area contributed by atoms with Crippen LogP contribution in [0.15, 0.2) is 53.5 Å². The second-order valence-electron chi connectivity index (χ2n) is 5.85. The molecule has 0 bridgehead atoms. The lowest BCUT2D eigenvalue weighted by molar-refractivity contribution is 0.185. The fraction of sp³-hybridized carbons (Fsp3) is 0.350. The van der Waals surface area contributed by atoms with E-state index >= 15 is 0 Å². The molecule has 2 aromatic rings. The second-order valence-corrected chi connectivity index (χ2v) is 5.85.